The molecule has 3 aromatic rings. The van der Waals surface area contributed by atoms with Gasteiger partial charge in [0.15, 0.2) is 0 Å². The summed E-state index contributed by atoms with van der Waals surface area (Å²) in [5.74, 6) is 0.0809. The Morgan fingerprint density at radius 3 is 2.24 bits per heavy atom. The Kier molecular flexibility index (Phi) is 7.80. The first-order valence-corrected chi connectivity index (χ1v) is 13.8. The first-order valence-electron chi connectivity index (χ1n) is 13.4. The zero-order valence-electron chi connectivity index (χ0n) is 21.5. The maximum absolute atomic E-state index is 13.6. The van der Waals surface area contributed by atoms with Crippen molar-refractivity contribution < 1.29 is 9.90 Å². The van der Waals surface area contributed by atoms with Gasteiger partial charge < -0.3 is 14.9 Å². The number of hydrogen-bond acceptors (Lipinski definition) is 3. The lowest BCUT2D eigenvalue weighted by molar-refractivity contribution is -0.0254. The number of rotatable bonds is 7. The Labute approximate surface area is 225 Å². The van der Waals surface area contributed by atoms with Crippen molar-refractivity contribution >= 4 is 28.8 Å². The number of benzene rings is 3. The van der Waals surface area contributed by atoms with Gasteiger partial charge in [-0.1, -0.05) is 79.6 Å². The molecule has 5 heteroatoms. The topological polar surface area (TPSA) is 43.8 Å². The van der Waals surface area contributed by atoms with Crippen LogP contribution >= 0.6 is 11.6 Å². The van der Waals surface area contributed by atoms with E-state index in [-0.39, 0.29) is 5.91 Å². The van der Waals surface area contributed by atoms with Crippen LogP contribution in [0.3, 0.4) is 0 Å². The molecule has 0 aromatic heterocycles. The van der Waals surface area contributed by atoms with Crippen LogP contribution in [-0.4, -0.2) is 42.1 Å². The highest BCUT2D eigenvalue weighted by Gasteiger charge is 2.34. The number of fused-ring (bicyclic) bond motifs is 2. The summed E-state index contributed by atoms with van der Waals surface area (Å²) in [5, 5.41) is 11.9. The number of carbonyl (C=O) groups is 1. The van der Waals surface area contributed by atoms with E-state index >= 15 is 0 Å². The number of anilines is 1. The van der Waals surface area contributed by atoms with Gasteiger partial charge in [-0.15, -0.1) is 0 Å². The van der Waals surface area contributed by atoms with E-state index in [4.69, 9.17) is 11.6 Å². The normalized spacial score (nSPS) is 18.4. The molecule has 2 aliphatic heterocycles. The van der Waals surface area contributed by atoms with Crippen molar-refractivity contribution in [2.24, 2.45) is 0 Å². The van der Waals surface area contributed by atoms with Crippen LogP contribution in [-0.2, 0) is 5.60 Å². The number of halogens is 1. The fourth-order valence-electron chi connectivity index (χ4n) is 5.59. The molecular weight excluding hydrogens is 480 g/mol. The van der Waals surface area contributed by atoms with Crippen molar-refractivity contribution in [1.29, 1.82) is 0 Å². The van der Waals surface area contributed by atoms with Gasteiger partial charge in [-0.25, -0.2) is 0 Å². The van der Waals surface area contributed by atoms with Crippen molar-refractivity contribution in [3.8, 4) is 0 Å². The van der Waals surface area contributed by atoms with E-state index in [1.54, 1.807) is 0 Å². The number of piperidine rings is 1. The molecule has 0 unspecified atom stereocenters. The van der Waals surface area contributed by atoms with Crippen LogP contribution in [0.25, 0.3) is 5.57 Å². The SMILES string of the molecule is CCCCN1C(=O)c2ccccc2/C(=C/CCN2CCC(O)(c3ccc(Cl)cc3)CC2)c2ccccc21. The standard InChI is InChI=1S/C32H35ClN2O2/c1-2-3-21-35-30-13-7-6-10-28(30)26(27-9-4-5-11-29(27)31(35)36)12-8-20-34-22-18-32(37,19-23-34)24-14-16-25(33)17-15-24/h4-7,9-17,37H,2-3,8,18-23H2,1H3/b26-12-. The predicted molar refractivity (Wildman–Crippen MR) is 152 cm³/mol. The minimum Gasteiger partial charge on any atom is -0.385 e. The lowest BCUT2D eigenvalue weighted by atomic mass is 9.84. The molecule has 0 aliphatic carbocycles. The van der Waals surface area contributed by atoms with E-state index in [2.05, 4.69) is 42.2 Å². The van der Waals surface area contributed by atoms with Gasteiger partial charge in [-0.2, -0.15) is 0 Å². The van der Waals surface area contributed by atoms with Crippen LogP contribution in [0.5, 0.6) is 0 Å². The second kappa shape index (κ2) is 11.2. The molecule has 3 aromatic carbocycles. The van der Waals surface area contributed by atoms with E-state index in [9.17, 15) is 9.90 Å². The van der Waals surface area contributed by atoms with Gasteiger partial charge in [0.1, 0.15) is 0 Å². The fraction of sp³-hybridized carbons (Fsp3) is 0.344. The number of unbranched alkanes of at least 4 members (excludes halogenated alkanes) is 1. The molecule has 1 fully saturated rings. The van der Waals surface area contributed by atoms with Crippen molar-refractivity contribution in [1.82, 2.24) is 4.90 Å². The summed E-state index contributed by atoms with van der Waals surface area (Å²) in [6, 6.07) is 23.9. The van der Waals surface area contributed by atoms with Crippen molar-refractivity contribution in [3.05, 3.63) is 106 Å². The zero-order chi connectivity index (χ0) is 25.8. The molecule has 0 bridgehead atoms. The van der Waals surface area contributed by atoms with E-state index in [1.807, 2.05) is 53.4 Å². The van der Waals surface area contributed by atoms with Gasteiger partial charge in [0.05, 0.1) is 11.3 Å². The number of amides is 1. The van der Waals surface area contributed by atoms with E-state index in [1.165, 1.54) is 0 Å². The monoisotopic (exact) mass is 514 g/mol. The number of para-hydroxylation sites is 1. The summed E-state index contributed by atoms with van der Waals surface area (Å²) in [5.41, 5.74) is 5.18. The second-order valence-electron chi connectivity index (χ2n) is 10.2. The molecule has 0 atom stereocenters. The average Bonchev–Trinajstić information content (AvgIpc) is 3.02. The van der Waals surface area contributed by atoms with Crippen LogP contribution in [0, 0.1) is 0 Å². The van der Waals surface area contributed by atoms with Crippen LogP contribution < -0.4 is 4.90 Å². The van der Waals surface area contributed by atoms with Crippen molar-refractivity contribution in [3.63, 3.8) is 0 Å². The zero-order valence-corrected chi connectivity index (χ0v) is 22.3. The maximum atomic E-state index is 13.6. The van der Waals surface area contributed by atoms with Crippen LogP contribution in [0.1, 0.15) is 66.1 Å². The predicted octanol–water partition coefficient (Wildman–Crippen LogP) is 6.91. The molecule has 5 rings (SSSR count). The van der Waals surface area contributed by atoms with E-state index < -0.39 is 5.60 Å². The van der Waals surface area contributed by atoms with Gasteiger partial charge >= 0.3 is 0 Å². The first kappa shape index (κ1) is 25.7. The number of carbonyl (C=O) groups excluding carboxylic acids is 1. The lowest BCUT2D eigenvalue weighted by Gasteiger charge is -2.38. The van der Waals surface area contributed by atoms with Crippen LogP contribution in [0.4, 0.5) is 5.69 Å². The summed E-state index contributed by atoms with van der Waals surface area (Å²) >= 11 is 6.04. The smallest absolute Gasteiger partial charge is 0.258 e. The highest BCUT2D eigenvalue weighted by Crippen LogP contribution is 2.39. The third kappa shape index (κ3) is 5.38. The first-order chi connectivity index (χ1) is 18.0. The quantitative estimate of drug-likeness (QED) is 0.372. The number of likely N-dealkylation sites (tertiary alicyclic amines) is 1. The molecule has 1 saturated heterocycles. The fourth-order valence-corrected chi connectivity index (χ4v) is 5.71. The molecule has 4 nitrogen and oxygen atoms in total. The average molecular weight is 515 g/mol. The molecule has 2 heterocycles. The Morgan fingerprint density at radius 2 is 1.54 bits per heavy atom. The maximum Gasteiger partial charge on any atom is 0.258 e. The number of hydrogen-bond donors (Lipinski definition) is 1. The summed E-state index contributed by atoms with van der Waals surface area (Å²) in [6.07, 6.45) is 6.60. The minimum atomic E-state index is -0.791. The van der Waals surface area contributed by atoms with Crippen molar-refractivity contribution in [2.45, 2.75) is 44.6 Å². The second-order valence-corrected chi connectivity index (χ2v) is 10.6. The molecule has 1 amide bonds. The summed E-state index contributed by atoms with van der Waals surface area (Å²) in [4.78, 5) is 18.0. The van der Waals surface area contributed by atoms with Crippen LogP contribution in [0.2, 0.25) is 5.02 Å². The Bertz CT molecular complexity index is 1280. The van der Waals surface area contributed by atoms with Gasteiger partial charge in [0.2, 0.25) is 0 Å². The third-order valence-electron chi connectivity index (χ3n) is 7.77. The molecule has 0 saturated carbocycles. The van der Waals surface area contributed by atoms with E-state index in [0.29, 0.717) is 17.9 Å². The van der Waals surface area contributed by atoms with Gasteiger partial charge in [-0.3, -0.25) is 4.79 Å². The Morgan fingerprint density at radius 1 is 0.892 bits per heavy atom. The highest BCUT2D eigenvalue weighted by atomic mass is 35.5. The van der Waals surface area contributed by atoms with E-state index in [0.717, 1.165) is 79.0 Å². The third-order valence-corrected chi connectivity index (χ3v) is 8.02. The summed E-state index contributed by atoms with van der Waals surface area (Å²) < 4.78 is 0. The molecule has 0 radical (unpaired) electrons. The molecule has 1 N–H and O–H groups in total. The molecular formula is C32H35ClN2O2. The van der Waals surface area contributed by atoms with Gasteiger partial charge in [0, 0.05) is 42.3 Å². The lowest BCUT2D eigenvalue weighted by Crippen LogP contribution is -2.42. The summed E-state index contributed by atoms with van der Waals surface area (Å²) in [7, 11) is 0. The minimum absolute atomic E-state index is 0.0809. The molecule has 0 spiro atoms. The Balaban J connectivity index is 1.35. The molecule has 2 aliphatic rings. The van der Waals surface area contributed by atoms with Crippen molar-refractivity contribution in [2.75, 3.05) is 31.1 Å². The number of nitrogens with zero attached hydrogens (tertiary/aromatic N) is 2. The largest absolute Gasteiger partial charge is 0.385 e. The highest BCUT2D eigenvalue weighted by molar-refractivity contribution is 6.30. The molecule has 37 heavy (non-hydrogen) atoms. The molecule has 192 valence electrons. The van der Waals surface area contributed by atoms with Gasteiger partial charge in [-0.05, 0) is 66.6 Å². The van der Waals surface area contributed by atoms with Gasteiger partial charge in [0.25, 0.3) is 5.91 Å². The number of aliphatic hydroxyl groups is 1. The summed E-state index contributed by atoms with van der Waals surface area (Å²) in [6.45, 7) is 5.48. The van der Waals surface area contributed by atoms with Crippen LogP contribution in [0.15, 0.2) is 78.9 Å². The Hall–Kier alpha value is -2.92.